The van der Waals surface area contributed by atoms with Crippen LogP contribution in [0.25, 0.3) is 0 Å². The Morgan fingerprint density at radius 3 is 2.00 bits per heavy atom. The SMILES string of the molecule is COC(=O)c1ccc(N=Nc2ccc(NC=O)cc2)cc1. The van der Waals surface area contributed by atoms with E-state index in [-0.39, 0.29) is 0 Å². The van der Waals surface area contributed by atoms with Crippen molar-refractivity contribution in [2.45, 2.75) is 0 Å². The second-order valence-electron chi connectivity index (χ2n) is 4.05. The van der Waals surface area contributed by atoms with E-state index in [9.17, 15) is 9.59 Å². The first kappa shape index (κ1) is 14.4. The standard InChI is InChI=1S/C15H13N3O3/c1-21-15(20)11-2-4-13(5-3-11)17-18-14-8-6-12(7-9-14)16-10-19/h2-10H,1H3,(H,16,19). The topological polar surface area (TPSA) is 80.1 Å². The van der Waals surface area contributed by atoms with Crippen LogP contribution in [0.2, 0.25) is 0 Å². The summed E-state index contributed by atoms with van der Waals surface area (Å²) in [5.41, 5.74) is 2.42. The first-order valence-electron chi connectivity index (χ1n) is 6.13. The molecule has 0 aromatic heterocycles. The molecule has 0 aliphatic carbocycles. The molecule has 2 aromatic carbocycles. The molecule has 0 heterocycles. The normalized spacial score (nSPS) is 10.3. The van der Waals surface area contributed by atoms with Gasteiger partial charge in [0.05, 0.1) is 24.0 Å². The van der Waals surface area contributed by atoms with Crippen LogP contribution < -0.4 is 5.32 Å². The number of ether oxygens (including phenoxy) is 1. The van der Waals surface area contributed by atoms with Crippen LogP contribution in [-0.2, 0) is 9.53 Å². The summed E-state index contributed by atoms with van der Waals surface area (Å²) in [5, 5.41) is 10.7. The van der Waals surface area contributed by atoms with Gasteiger partial charge in [-0.25, -0.2) is 4.79 Å². The molecule has 0 saturated heterocycles. The van der Waals surface area contributed by atoms with Crippen LogP contribution in [-0.4, -0.2) is 19.5 Å². The molecule has 0 atom stereocenters. The lowest BCUT2D eigenvalue weighted by Crippen LogP contribution is -1.99. The fourth-order valence-corrected chi connectivity index (χ4v) is 1.59. The molecule has 0 bridgehead atoms. The largest absolute Gasteiger partial charge is 0.465 e. The molecule has 0 unspecified atom stereocenters. The number of esters is 1. The number of carbonyl (C=O) groups excluding carboxylic acids is 2. The number of rotatable bonds is 5. The van der Waals surface area contributed by atoms with Crippen LogP contribution in [0.1, 0.15) is 10.4 Å². The van der Waals surface area contributed by atoms with Crippen molar-refractivity contribution in [3.63, 3.8) is 0 Å². The molecule has 1 N–H and O–H groups in total. The summed E-state index contributed by atoms with van der Waals surface area (Å²) in [6, 6.07) is 13.5. The van der Waals surface area contributed by atoms with Gasteiger partial charge in [0.15, 0.2) is 0 Å². The van der Waals surface area contributed by atoms with E-state index in [0.29, 0.717) is 29.0 Å². The highest BCUT2D eigenvalue weighted by Gasteiger charge is 2.03. The van der Waals surface area contributed by atoms with Gasteiger partial charge in [0.25, 0.3) is 0 Å². The number of anilines is 1. The molecule has 21 heavy (non-hydrogen) atoms. The first-order valence-corrected chi connectivity index (χ1v) is 6.13. The summed E-state index contributed by atoms with van der Waals surface area (Å²) in [6.45, 7) is 0. The zero-order valence-corrected chi connectivity index (χ0v) is 11.3. The van der Waals surface area contributed by atoms with E-state index >= 15 is 0 Å². The minimum absolute atomic E-state index is 0.392. The summed E-state index contributed by atoms with van der Waals surface area (Å²) < 4.78 is 4.61. The summed E-state index contributed by atoms with van der Waals surface area (Å²) in [7, 11) is 1.33. The minimum atomic E-state index is -0.392. The van der Waals surface area contributed by atoms with Gasteiger partial charge in [-0.15, -0.1) is 0 Å². The maximum Gasteiger partial charge on any atom is 0.337 e. The van der Waals surface area contributed by atoms with Crippen LogP contribution in [0.15, 0.2) is 58.8 Å². The number of hydrogen-bond acceptors (Lipinski definition) is 5. The van der Waals surface area contributed by atoms with E-state index in [0.717, 1.165) is 0 Å². The number of carbonyl (C=O) groups is 2. The highest BCUT2D eigenvalue weighted by atomic mass is 16.5. The van der Waals surface area contributed by atoms with Crippen LogP contribution in [0.3, 0.4) is 0 Å². The highest BCUT2D eigenvalue weighted by molar-refractivity contribution is 5.89. The Morgan fingerprint density at radius 1 is 1.00 bits per heavy atom. The maximum absolute atomic E-state index is 11.3. The zero-order chi connectivity index (χ0) is 15.1. The van der Waals surface area contributed by atoms with E-state index in [2.05, 4.69) is 20.3 Å². The van der Waals surface area contributed by atoms with Gasteiger partial charge < -0.3 is 10.1 Å². The van der Waals surface area contributed by atoms with Gasteiger partial charge in [-0.1, -0.05) is 0 Å². The highest BCUT2D eigenvalue weighted by Crippen LogP contribution is 2.20. The molecule has 2 rings (SSSR count). The van der Waals surface area contributed by atoms with E-state index in [4.69, 9.17) is 0 Å². The van der Waals surface area contributed by atoms with Crippen LogP contribution in [0, 0.1) is 0 Å². The summed E-state index contributed by atoms with van der Waals surface area (Å²) >= 11 is 0. The lowest BCUT2D eigenvalue weighted by Gasteiger charge is -1.99. The van der Waals surface area contributed by atoms with Crippen molar-refractivity contribution in [3.8, 4) is 0 Å². The van der Waals surface area contributed by atoms with E-state index < -0.39 is 5.97 Å². The van der Waals surface area contributed by atoms with Crippen LogP contribution >= 0.6 is 0 Å². The summed E-state index contributed by atoms with van der Waals surface area (Å²) in [5.74, 6) is -0.392. The van der Waals surface area contributed by atoms with Gasteiger partial charge >= 0.3 is 5.97 Å². The monoisotopic (exact) mass is 283 g/mol. The maximum atomic E-state index is 11.3. The Kier molecular flexibility index (Phi) is 4.76. The lowest BCUT2D eigenvalue weighted by atomic mass is 10.2. The molecule has 6 nitrogen and oxygen atoms in total. The second-order valence-corrected chi connectivity index (χ2v) is 4.05. The van der Waals surface area contributed by atoms with Gasteiger partial charge in [-0.3, -0.25) is 4.79 Å². The molecule has 2 aromatic rings. The fraction of sp³-hybridized carbons (Fsp3) is 0.0667. The summed E-state index contributed by atoms with van der Waals surface area (Å²) in [6.07, 6.45) is 0.611. The Morgan fingerprint density at radius 2 is 1.52 bits per heavy atom. The van der Waals surface area contributed by atoms with E-state index in [1.165, 1.54) is 7.11 Å². The smallest absolute Gasteiger partial charge is 0.337 e. The average molecular weight is 283 g/mol. The summed E-state index contributed by atoms with van der Waals surface area (Å²) in [4.78, 5) is 21.6. The molecule has 0 spiro atoms. The molecular weight excluding hydrogens is 270 g/mol. The van der Waals surface area contributed by atoms with Crippen molar-refractivity contribution in [2.75, 3.05) is 12.4 Å². The van der Waals surface area contributed by atoms with Gasteiger partial charge in [-0.05, 0) is 48.5 Å². The van der Waals surface area contributed by atoms with Gasteiger partial charge in [0, 0.05) is 5.69 Å². The van der Waals surface area contributed by atoms with Gasteiger partial charge in [0.2, 0.25) is 6.41 Å². The zero-order valence-electron chi connectivity index (χ0n) is 11.3. The molecule has 0 aliphatic rings. The number of azo groups is 1. The number of nitrogens with zero attached hydrogens (tertiary/aromatic N) is 2. The molecule has 6 heteroatoms. The molecule has 1 amide bonds. The molecule has 0 radical (unpaired) electrons. The minimum Gasteiger partial charge on any atom is -0.465 e. The van der Waals surface area contributed by atoms with E-state index in [1.54, 1.807) is 48.5 Å². The Labute approximate surface area is 121 Å². The lowest BCUT2D eigenvalue weighted by molar-refractivity contribution is -0.105. The predicted octanol–water partition coefficient (Wildman–Crippen LogP) is 3.46. The molecule has 0 fully saturated rings. The van der Waals surface area contributed by atoms with Crippen molar-refractivity contribution < 1.29 is 14.3 Å². The third-order valence-corrected chi connectivity index (χ3v) is 2.66. The second kappa shape index (κ2) is 6.95. The van der Waals surface area contributed by atoms with Crippen LogP contribution in [0.5, 0.6) is 0 Å². The fourth-order valence-electron chi connectivity index (χ4n) is 1.59. The number of benzene rings is 2. The molecular formula is C15H13N3O3. The third-order valence-electron chi connectivity index (χ3n) is 2.66. The van der Waals surface area contributed by atoms with Crippen molar-refractivity contribution in [1.82, 2.24) is 0 Å². The number of amides is 1. The van der Waals surface area contributed by atoms with Gasteiger partial charge in [-0.2, -0.15) is 10.2 Å². The molecule has 0 aliphatic heterocycles. The van der Waals surface area contributed by atoms with Crippen molar-refractivity contribution in [1.29, 1.82) is 0 Å². The number of nitrogens with one attached hydrogen (secondary N) is 1. The van der Waals surface area contributed by atoms with E-state index in [1.807, 2.05) is 0 Å². The van der Waals surface area contributed by atoms with Gasteiger partial charge in [0.1, 0.15) is 0 Å². The Hall–Kier alpha value is -3.02. The third kappa shape index (κ3) is 3.97. The van der Waals surface area contributed by atoms with Crippen molar-refractivity contribution >= 4 is 29.4 Å². The van der Waals surface area contributed by atoms with Crippen LogP contribution in [0.4, 0.5) is 17.1 Å². The van der Waals surface area contributed by atoms with Crippen molar-refractivity contribution in [3.05, 3.63) is 54.1 Å². The average Bonchev–Trinajstić information content (AvgIpc) is 2.54. The number of hydrogen-bond donors (Lipinski definition) is 1. The molecule has 0 saturated carbocycles. The first-order chi connectivity index (χ1) is 10.2. The van der Waals surface area contributed by atoms with Crippen molar-refractivity contribution in [2.24, 2.45) is 10.2 Å². The Bertz CT molecular complexity index is 649. The quantitative estimate of drug-likeness (QED) is 0.518. The Balaban J connectivity index is 2.06. The predicted molar refractivity (Wildman–Crippen MR) is 78.1 cm³/mol. The molecule has 106 valence electrons. The number of methoxy groups -OCH3 is 1.